The summed E-state index contributed by atoms with van der Waals surface area (Å²) in [6, 6.07) is 15.7. The molecule has 0 spiro atoms. The fourth-order valence-corrected chi connectivity index (χ4v) is 2.23. The van der Waals surface area contributed by atoms with Crippen LogP contribution in [-0.4, -0.2) is 37.0 Å². The van der Waals surface area contributed by atoms with E-state index >= 15 is 0 Å². The fraction of sp³-hybridized carbons (Fsp3) is 0.263. The summed E-state index contributed by atoms with van der Waals surface area (Å²) in [6.07, 6.45) is 0. The number of nitrogens with zero attached hydrogens (tertiary/aromatic N) is 2. The standard InChI is InChI=1S/C19H20ClN3O2/c1-14(19(24)22-17-7-3-15(13-21)4-8-17)23(2)11-12-25-18-9-5-16(20)6-10-18/h3-10,14H,11-12H2,1-2H3,(H,22,24)/t14-/m1/s1. The number of nitrogens with one attached hydrogen (secondary N) is 1. The highest BCUT2D eigenvalue weighted by molar-refractivity contribution is 6.30. The molecule has 0 aliphatic carbocycles. The van der Waals surface area contributed by atoms with Crippen LogP contribution in [0.1, 0.15) is 12.5 Å². The molecule has 130 valence electrons. The van der Waals surface area contributed by atoms with Crippen molar-refractivity contribution in [3.8, 4) is 11.8 Å². The number of nitriles is 1. The van der Waals surface area contributed by atoms with Gasteiger partial charge in [-0.05, 0) is 62.5 Å². The molecule has 0 unspecified atom stereocenters. The van der Waals surface area contributed by atoms with Crippen LogP contribution in [0.15, 0.2) is 48.5 Å². The van der Waals surface area contributed by atoms with Crippen molar-refractivity contribution >= 4 is 23.2 Å². The first-order valence-corrected chi connectivity index (χ1v) is 8.27. The predicted molar refractivity (Wildman–Crippen MR) is 98.8 cm³/mol. The lowest BCUT2D eigenvalue weighted by atomic mass is 10.2. The van der Waals surface area contributed by atoms with Crippen molar-refractivity contribution in [2.75, 3.05) is 25.5 Å². The predicted octanol–water partition coefficient (Wildman–Crippen LogP) is 3.55. The van der Waals surface area contributed by atoms with E-state index < -0.39 is 0 Å². The molecule has 0 fully saturated rings. The van der Waals surface area contributed by atoms with Crippen LogP contribution in [0.3, 0.4) is 0 Å². The molecule has 6 heteroatoms. The van der Waals surface area contributed by atoms with Gasteiger partial charge in [0.25, 0.3) is 0 Å². The quantitative estimate of drug-likeness (QED) is 0.823. The van der Waals surface area contributed by atoms with Crippen molar-refractivity contribution < 1.29 is 9.53 Å². The summed E-state index contributed by atoms with van der Waals surface area (Å²) < 4.78 is 5.64. The van der Waals surface area contributed by atoms with Crippen molar-refractivity contribution in [2.24, 2.45) is 0 Å². The second-order valence-electron chi connectivity index (χ2n) is 5.64. The van der Waals surface area contributed by atoms with Crippen LogP contribution in [0.25, 0.3) is 0 Å². The lowest BCUT2D eigenvalue weighted by Gasteiger charge is -2.23. The van der Waals surface area contributed by atoms with Gasteiger partial charge in [-0.2, -0.15) is 5.26 Å². The number of rotatable bonds is 7. The molecular formula is C19H20ClN3O2. The van der Waals surface area contributed by atoms with Crippen LogP contribution in [0.4, 0.5) is 5.69 Å². The van der Waals surface area contributed by atoms with Crippen LogP contribution in [0, 0.1) is 11.3 Å². The zero-order valence-corrected chi connectivity index (χ0v) is 15.0. The minimum Gasteiger partial charge on any atom is -0.492 e. The number of carbonyl (C=O) groups excluding carboxylic acids is 1. The molecule has 0 saturated heterocycles. The lowest BCUT2D eigenvalue weighted by molar-refractivity contribution is -0.120. The maximum absolute atomic E-state index is 12.3. The molecule has 5 nitrogen and oxygen atoms in total. The van der Waals surface area contributed by atoms with Gasteiger partial charge in [-0.15, -0.1) is 0 Å². The van der Waals surface area contributed by atoms with E-state index in [0.717, 1.165) is 5.75 Å². The van der Waals surface area contributed by atoms with Crippen molar-refractivity contribution in [1.82, 2.24) is 4.90 Å². The number of halogens is 1. The van der Waals surface area contributed by atoms with Crippen molar-refractivity contribution in [3.63, 3.8) is 0 Å². The molecule has 1 amide bonds. The van der Waals surface area contributed by atoms with Crippen molar-refractivity contribution in [1.29, 1.82) is 5.26 Å². The number of benzene rings is 2. The van der Waals surface area contributed by atoms with E-state index in [4.69, 9.17) is 21.6 Å². The second kappa shape index (κ2) is 9.07. The number of carbonyl (C=O) groups is 1. The van der Waals surface area contributed by atoms with Crippen LogP contribution < -0.4 is 10.1 Å². The Morgan fingerprint density at radius 3 is 2.48 bits per heavy atom. The highest BCUT2D eigenvalue weighted by atomic mass is 35.5. The minimum absolute atomic E-state index is 0.112. The molecule has 0 aromatic heterocycles. The van der Waals surface area contributed by atoms with Gasteiger partial charge in [0.1, 0.15) is 12.4 Å². The van der Waals surface area contributed by atoms with E-state index in [-0.39, 0.29) is 11.9 Å². The summed E-state index contributed by atoms with van der Waals surface area (Å²) in [5, 5.41) is 12.3. The minimum atomic E-state index is -0.315. The van der Waals surface area contributed by atoms with Gasteiger partial charge in [-0.25, -0.2) is 0 Å². The smallest absolute Gasteiger partial charge is 0.241 e. The third kappa shape index (κ3) is 5.79. The van der Waals surface area contributed by atoms with E-state index in [1.807, 2.05) is 37.1 Å². The molecule has 0 saturated carbocycles. The third-order valence-electron chi connectivity index (χ3n) is 3.85. The Morgan fingerprint density at radius 2 is 1.88 bits per heavy atom. The summed E-state index contributed by atoms with van der Waals surface area (Å²) >= 11 is 5.83. The normalized spacial score (nSPS) is 11.6. The van der Waals surface area contributed by atoms with Crippen molar-refractivity contribution in [3.05, 3.63) is 59.1 Å². The number of anilines is 1. The van der Waals surface area contributed by atoms with Gasteiger partial charge in [0.2, 0.25) is 5.91 Å². The number of hydrogen-bond acceptors (Lipinski definition) is 4. The first-order valence-electron chi connectivity index (χ1n) is 7.89. The number of hydrogen-bond donors (Lipinski definition) is 1. The molecule has 25 heavy (non-hydrogen) atoms. The molecule has 0 aliphatic heterocycles. The van der Waals surface area contributed by atoms with Gasteiger partial charge in [-0.3, -0.25) is 9.69 Å². The van der Waals surface area contributed by atoms with Gasteiger partial charge < -0.3 is 10.1 Å². The second-order valence-corrected chi connectivity index (χ2v) is 6.07. The van der Waals surface area contributed by atoms with Gasteiger partial charge >= 0.3 is 0 Å². The van der Waals surface area contributed by atoms with Gasteiger partial charge in [0.05, 0.1) is 17.7 Å². The molecule has 2 aromatic carbocycles. The maximum Gasteiger partial charge on any atom is 0.241 e. The highest BCUT2D eigenvalue weighted by Crippen LogP contribution is 2.15. The van der Waals surface area contributed by atoms with E-state index in [1.165, 1.54) is 0 Å². The topological polar surface area (TPSA) is 65.4 Å². The average Bonchev–Trinajstić information content (AvgIpc) is 2.63. The zero-order valence-electron chi connectivity index (χ0n) is 14.2. The average molecular weight is 358 g/mol. The van der Waals surface area contributed by atoms with E-state index in [1.54, 1.807) is 36.4 Å². The Labute approximate surface area is 152 Å². The molecule has 2 rings (SSSR count). The molecule has 0 aliphatic rings. The van der Waals surface area contributed by atoms with Gasteiger partial charge in [-0.1, -0.05) is 11.6 Å². The monoisotopic (exact) mass is 357 g/mol. The first-order chi connectivity index (χ1) is 12.0. The van der Waals surface area contributed by atoms with Crippen LogP contribution >= 0.6 is 11.6 Å². The van der Waals surface area contributed by atoms with Gasteiger partial charge in [0.15, 0.2) is 0 Å². The number of ether oxygens (including phenoxy) is 1. The molecule has 2 aromatic rings. The van der Waals surface area contributed by atoms with Crippen molar-refractivity contribution in [2.45, 2.75) is 13.0 Å². The number of likely N-dealkylation sites (N-methyl/N-ethyl adjacent to an activating group) is 1. The van der Waals surface area contributed by atoms with Gasteiger partial charge in [0, 0.05) is 17.3 Å². The SMILES string of the molecule is C[C@H](C(=O)Nc1ccc(C#N)cc1)N(C)CCOc1ccc(Cl)cc1. The fourth-order valence-electron chi connectivity index (χ4n) is 2.11. The molecule has 0 bridgehead atoms. The summed E-state index contributed by atoms with van der Waals surface area (Å²) in [7, 11) is 1.87. The Kier molecular flexibility index (Phi) is 6.81. The Morgan fingerprint density at radius 1 is 1.24 bits per heavy atom. The highest BCUT2D eigenvalue weighted by Gasteiger charge is 2.18. The largest absolute Gasteiger partial charge is 0.492 e. The van der Waals surface area contributed by atoms with Crippen LogP contribution in [0.5, 0.6) is 5.75 Å². The van der Waals surface area contributed by atoms with E-state index in [0.29, 0.717) is 29.4 Å². The van der Waals surface area contributed by atoms with E-state index in [2.05, 4.69) is 5.32 Å². The van der Waals surface area contributed by atoms with E-state index in [9.17, 15) is 4.79 Å². The Bertz CT molecular complexity index is 739. The Balaban J connectivity index is 1.79. The molecule has 0 radical (unpaired) electrons. The number of amides is 1. The summed E-state index contributed by atoms with van der Waals surface area (Å²) in [5.41, 5.74) is 1.23. The van der Waals surface area contributed by atoms with Crippen LogP contribution in [-0.2, 0) is 4.79 Å². The first kappa shape index (κ1) is 18.8. The maximum atomic E-state index is 12.3. The summed E-state index contributed by atoms with van der Waals surface area (Å²) in [5.74, 6) is 0.631. The van der Waals surface area contributed by atoms with Crippen LogP contribution in [0.2, 0.25) is 5.02 Å². The molecular weight excluding hydrogens is 338 g/mol. The third-order valence-corrected chi connectivity index (χ3v) is 4.10. The Hall–Kier alpha value is -2.55. The molecule has 1 atom stereocenters. The summed E-state index contributed by atoms with van der Waals surface area (Å²) in [4.78, 5) is 14.2. The molecule has 0 heterocycles. The molecule has 1 N–H and O–H groups in total. The lowest BCUT2D eigenvalue weighted by Crippen LogP contribution is -2.41. The zero-order chi connectivity index (χ0) is 18.2. The summed E-state index contributed by atoms with van der Waals surface area (Å²) in [6.45, 7) is 2.90.